The summed E-state index contributed by atoms with van der Waals surface area (Å²) >= 11 is 0. The Bertz CT molecular complexity index is 562. The number of halogens is 1. The summed E-state index contributed by atoms with van der Waals surface area (Å²) in [6.07, 6.45) is 0. The number of nitrogens with one attached hydrogen (secondary N) is 1. The van der Waals surface area contributed by atoms with E-state index in [1.807, 2.05) is 0 Å². The average Bonchev–Trinajstić information content (AvgIpc) is 2.10. The molecule has 72 valence electrons. The summed E-state index contributed by atoms with van der Waals surface area (Å²) < 4.78 is 13.3. The van der Waals surface area contributed by atoms with Crippen molar-refractivity contribution in [3.8, 4) is 0 Å². The first-order chi connectivity index (χ1) is 6.59. The molecule has 0 fully saturated rings. The van der Waals surface area contributed by atoms with Crippen molar-refractivity contribution in [2.24, 2.45) is 0 Å². The minimum atomic E-state index is -0.584. The Labute approximate surface area is 78.6 Å². The van der Waals surface area contributed by atoms with Gasteiger partial charge in [0.1, 0.15) is 11.2 Å². The van der Waals surface area contributed by atoms with E-state index in [2.05, 4.69) is 9.97 Å². The van der Waals surface area contributed by atoms with E-state index in [0.29, 0.717) is 5.52 Å². The monoisotopic (exact) mass is 193 g/mol. The Morgan fingerprint density at radius 3 is 2.93 bits per heavy atom. The number of hydrogen-bond donors (Lipinski definition) is 2. The Morgan fingerprint density at radius 2 is 2.21 bits per heavy atom. The molecule has 0 atom stereocenters. The van der Waals surface area contributed by atoms with Crippen LogP contribution in [0.2, 0.25) is 0 Å². The van der Waals surface area contributed by atoms with Gasteiger partial charge in [0.25, 0.3) is 5.56 Å². The van der Waals surface area contributed by atoms with Crippen molar-refractivity contribution >= 4 is 16.9 Å². The highest BCUT2D eigenvalue weighted by molar-refractivity contribution is 5.82. The van der Waals surface area contributed by atoms with Gasteiger partial charge < -0.3 is 5.73 Å². The van der Waals surface area contributed by atoms with Crippen molar-refractivity contribution in [1.82, 2.24) is 9.97 Å². The highest BCUT2D eigenvalue weighted by atomic mass is 19.1. The molecule has 1 aromatic carbocycles. The molecule has 1 heterocycles. The molecule has 0 radical (unpaired) electrons. The van der Waals surface area contributed by atoms with Gasteiger partial charge in [0.2, 0.25) is 5.95 Å². The summed E-state index contributed by atoms with van der Waals surface area (Å²) in [5, 5.41) is -0.0424. The fourth-order valence-electron chi connectivity index (χ4n) is 1.36. The molecular formula is C9H8FN3O. The van der Waals surface area contributed by atoms with E-state index in [1.54, 1.807) is 13.0 Å². The third-order valence-corrected chi connectivity index (χ3v) is 2.03. The van der Waals surface area contributed by atoms with Crippen LogP contribution in [0.15, 0.2) is 16.9 Å². The molecule has 3 N–H and O–H groups in total. The number of aromatic amines is 1. The molecule has 4 nitrogen and oxygen atoms in total. The van der Waals surface area contributed by atoms with Crippen molar-refractivity contribution in [2.45, 2.75) is 6.92 Å². The van der Waals surface area contributed by atoms with Crippen LogP contribution in [0.3, 0.4) is 0 Å². The zero-order chi connectivity index (χ0) is 10.3. The van der Waals surface area contributed by atoms with Gasteiger partial charge in [-0.1, -0.05) is 6.07 Å². The molecule has 0 aliphatic carbocycles. The minimum Gasteiger partial charge on any atom is -0.369 e. The molecule has 0 bridgehead atoms. The molecule has 14 heavy (non-hydrogen) atoms. The molecule has 0 spiro atoms. The van der Waals surface area contributed by atoms with E-state index < -0.39 is 11.4 Å². The largest absolute Gasteiger partial charge is 0.369 e. The summed E-state index contributed by atoms with van der Waals surface area (Å²) in [4.78, 5) is 17.5. The van der Waals surface area contributed by atoms with Crippen LogP contribution in [0.5, 0.6) is 0 Å². The zero-order valence-corrected chi connectivity index (χ0v) is 7.47. The average molecular weight is 193 g/mol. The van der Waals surface area contributed by atoms with Gasteiger partial charge in [-0.05, 0) is 18.6 Å². The maximum Gasteiger partial charge on any atom is 0.263 e. The lowest BCUT2D eigenvalue weighted by molar-refractivity contribution is 0.638. The Kier molecular flexibility index (Phi) is 1.73. The lowest BCUT2D eigenvalue weighted by atomic mass is 10.1. The van der Waals surface area contributed by atoms with Gasteiger partial charge in [-0.2, -0.15) is 0 Å². The van der Waals surface area contributed by atoms with Crippen LogP contribution in [0.25, 0.3) is 10.9 Å². The van der Waals surface area contributed by atoms with Crippen LogP contribution in [0.4, 0.5) is 10.3 Å². The summed E-state index contributed by atoms with van der Waals surface area (Å²) in [6, 6.07) is 2.80. The number of anilines is 1. The van der Waals surface area contributed by atoms with Crippen LogP contribution in [-0.4, -0.2) is 9.97 Å². The Balaban J connectivity index is 3.08. The molecule has 5 heteroatoms. The van der Waals surface area contributed by atoms with Gasteiger partial charge in [-0.25, -0.2) is 9.37 Å². The number of aromatic nitrogens is 2. The maximum atomic E-state index is 13.3. The van der Waals surface area contributed by atoms with Crippen LogP contribution >= 0.6 is 0 Å². The lowest BCUT2D eigenvalue weighted by Gasteiger charge is -2.02. The third kappa shape index (κ3) is 1.14. The van der Waals surface area contributed by atoms with E-state index >= 15 is 0 Å². The van der Waals surface area contributed by atoms with Crippen molar-refractivity contribution in [3.63, 3.8) is 0 Å². The van der Waals surface area contributed by atoms with Crippen molar-refractivity contribution in [3.05, 3.63) is 33.9 Å². The number of hydrogen-bond acceptors (Lipinski definition) is 3. The maximum absolute atomic E-state index is 13.3. The van der Waals surface area contributed by atoms with Gasteiger partial charge in [-0.15, -0.1) is 0 Å². The molecule has 0 saturated carbocycles. The quantitative estimate of drug-likeness (QED) is 0.654. The molecule has 0 amide bonds. The van der Waals surface area contributed by atoms with E-state index in [9.17, 15) is 9.18 Å². The number of aryl methyl sites for hydroxylation is 1. The lowest BCUT2D eigenvalue weighted by Crippen LogP contribution is -2.13. The Hall–Kier alpha value is -1.91. The van der Waals surface area contributed by atoms with Crippen LogP contribution < -0.4 is 11.3 Å². The van der Waals surface area contributed by atoms with Gasteiger partial charge in [0.05, 0.1) is 5.52 Å². The molecule has 2 rings (SSSR count). The number of nitrogens with two attached hydrogens (primary N) is 1. The molecule has 0 saturated heterocycles. The number of rotatable bonds is 0. The topological polar surface area (TPSA) is 71.8 Å². The predicted molar refractivity (Wildman–Crippen MR) is 51.5 cm³/mol. The number of nitrogens with zero attached hydrogens (tertiary/aromatic N) is 1. The second-order valence-corrected chi connectivity index (χ2v) is 3.04. The van der Waals surface area contributed by atoms with E-state index in [-0.39, 0.29) is 11.3 Å². The first-order valence-corrected chi connectivity index (χ1v) is 4.04. The van der Waals surface area contributed by atoms with E-state index in [1.165, 1.54) is 6.07 Å². The van der Waals surface area contributed by atoms with Crippen LogP contribution in [0.1, 0.15) is 5.56 Å². The standard InChI is InChI=1S/C9H8FN3O/c1-4-2-3-5(10)6-7(4)12-9(11)13-8(6)14/h2-3H,1H3,(H3,11,12,13,14). The first-order valence-electron chi connectivity index (χ1n) is 4.04. The zero-order valence-electron chi connectivity index (χ0n) is 7.47. The minimum absolute atomic E-state index is 0.00352. The fraction of sp³-hybridized carbons (Fsp3) is 0.111. The van der Waals surface area contributed by atoms with Gasteiger partial charge >= 0.3 is 0 Å². The summed E-state index contributed by atoms with van der Waals surface area (Å²) in [5.74, 6) is -0.587. The van der Waals surface area contributed by atoms with Gasteiger partial charge in [-0.3, -0.25) is 9.78 Å². The molecule has 1 aromatic heterocycles. The summed E-state index contributed by atoms with van der Waals surface area (Å²) in [7, 11) is 0. The fourth-order valence-corrected chi connectivity index (χ4v) is 1.36. The summed E-state index contributed by atoms with van der Waals surface area (Å²) in [6.45, 7) is 1.74. The normalized spacial score (nSPS) is 10.7. The highest BCUT2D eigenvalue weighted by Gasteiger charge is 2.09. The van der Waals surface area contributed by atoms with Crippen molar-refractivity contribution in [1.29, 1.82) is 0 Å². The molecule has 2 aromatic rings. The first kappa shape index (κ1) is 8.68. The number of fused-ring (bicyclic) bond motifs is 1. The molecule has 0 aliphatic rings. The molecule has 0 unspecified atom stereocenters. The van der Waals surface area contributed by atoms with Crippen molar-refractivity contribution in [2.75, 3.05) is 5.73 Å². The van der Waals surface area contributed by atoms with Crippen LogP contribution in [-0.2, 0) is 0 Å². The van der Waals surface area contributed by atoms with E-state index in [4.69, 9.17) is 5.73 Å². The second kappa shape index (κ2) is 2.80. The molecular weight excluding hydrogens is 185 g/mol. The van der Waals surface area contributed by atoms with E-state index in [0.717, 1.165) is 5.56 Å². The molecule has 0 aliphatic heterocycles. The smallest absolute Gasteiger partial charge is 0.263 e. The second-order valence-electron chi connectivity index (χ2n) is 3.04. The number of benzene rings is 1. The Morgan fingerprint density at radius 1 is 1.50 bits per heavy atom. The number of nitrogen functional groups attached to an aromatic ring is 1. The highest BCUT2D eigenvalue weighted by Crippen LogP contribution is 2.15. The third-order valence-electron chi connectivity index (χ3n) is 2.03. The van der Waals surface area contributed by atoms with Gasteiger partial charge in [0, 0.05) is 0 Å². The number of H-pyrrole nitrogens is 1. The van der Waals surface area contributed by atoms with Gasteiger partial charge in [0.15, 0.2) is 0 Å². The van der Waals surface area contributed by atoms with Crippen LogP contribution in [0, 0.1) is 12.7 Å². The predicted octanol–water partition coefficient (Wildman–Crippen LogP) is 0.953. The summed E-state index contributed by atoms with van der Waals surface area (Å²) in [5.41, 5.74) is 5.84. The SMILES string of the molecule is Cc1ccc(F)c2c(=O)[nH]c(N)nc12. The van der Waals surface area contributed by atoms with Crippen molar-refractivity contribution < 1.29 is 4.39 Å².